The van der Waals surface area contributed by atoms with E-state index in [1.807, 2.05) is 0 Å². The van der Waals surface area contributed by atoms with Gasteiger partial charge in [-0.15, -0.1) is 0 Å². The van der Waals surface area contributed by atoms with Gasteiger partial charge in [0.25, 0.3) is 0 Å². The van der Waals surface area contributed by atoms with E-state index in [0.717, 1.165) is 14.2 Å². The molecule has 3 aromatic rings. The maximum Gasteiger partial charge on any atom is 0.243 e. The molecule has 1 unspecified atom stereocenters. The predicted octanol–water partition coefficient (Wildman–Crippen LogP) is 1.80. The van der Waals surface area contributed by atoms with E-state index in [2.05, 4.69) is 5.32 Å². The lowest BCUT2D eigenvalue weighted by Crippen LogP contribution is -2.61. The molecule has 0 aromatic heterocycles. The highest BCUT2D eigenvalue weighted by atomic mass is 32.2. The Morgan fingerprint density at radius 1 is 0.811 bits per heavy atom. The summed E-state index contributed by atoms with van der Waals surface area (Å²) in [5.41, 5.74) is 0.722. The topological polar surface area (TPSA) is 122 Å². The van der Waals surface area contributed by atoms with Gasteiger partial charge >= 0.3 is 0 Å². The van der Waals surface area contributed by atoms with Crippen LogP contribution in [0.1, 0.15) is 5.56 Å². The van der Waals surface area contributed by atoms with Gasteiger partial charge in [-0.05, 0) is 42.0 Å². The van der Waals surface area contributed by atoms with E-state index in [1.54, 1.807) is 54.6 Å². The van der Waals surface area contributed by atoms with Crippen LogP contribution < -0.4 is 14.8 Å². The van der Waals surface area contributed by atoms with Crippen molar-refractivity contribution >= 4 is 26.0 Å². The SMILES string of the molecule is O=C(NCc1ccc2c(c1)OCO2)C1CN(S(=O)(=O)c2ccccc2)CCN1S(=O)(=O)c1ccccc1. The second kappa shape index (κ2) is 10.1. The molecule has 2 heterocycles. The first-order valence-electron chi connectivity index (χ1n) is 11.6. The molecule has 2 aliphatic rings. The molecule has 0 saturated carbocycles. The number of ether oxygens (including phenoxy) is 2. The van der Waals surface area contributed by atoms with Crippen molar-refractivity contribution in [1.29, 1.82) is 0 Å². The second-order valence-corrected chi connectivity index (χ2v) is 12.4. The highest BCUT2D eigenvalue weighted by Gasteiger charge is 2.43. The van der Waals surface area contributed by atoms with Crippen LogP contribution in [0.3, 0.4) is 0 Å². The van der Waals surface area contributed by atoms with Gasteiger partial charge in [0.15, 0.2) is 11.5 Å². The van der Waals surface area contributed by atoms with Crippen molar-refractivity contribution in [3.63, 3.8) is 0 Å². The maximum atomic E-state index is 13.5. The number of fused-ring (bicyclic) bond motifs is 1. The van der Waals surface area contributed by atoms with Gasteiger partial charge in [0, 0.05) is 26.2 Å². The zero-order valence-corrected chi connectivity index (χ0v) is 21.3. The Kier molecular flexibility index (Phi) is 6.90. The highest BCUT2D eigenvalue weighted by molar-refractivity contribution is 7.89. The molecule has 0 aliphatic carbocycles. The number of hydrogen-bond acceptors (Lipinski definition) is 7. The molecule has 1 fully saturated rings. The van der Waals surface area contributed by atoms with Gasteiger partial charge in [-0.2, -0.15) is 8.61 Å². The standard InChI is InChI=1S/C25H25N3O7S2/c29-25(26-16-19-11-12-23-24(15-19)35-18-34-23)22-17-27(36(30,31)20-7-3-1-4-8-20)13-14-28(22)37(32,33)21-9-5-2-6-10-21/h1-12,15,22H,13-14,16-18H2,(H,26,29). The van der Waals surface area contributed by atoms with E-state index in [9.17, 15) is 21.6 Å². The lowest BCUT2D eigenvalue weighted by molar-refractivity contribution is -0.126. The molecule has 1 N–H and O–H groups in total. The fraction of sp³-hybridized carbons (Fsp3) is 0.240. The number of nitrogens with zero attached hydrogens (tertiary/aromatic N) is 2. The largest absolute Gasteiger partial charge is 0.454 e. The lowest BCUT2D eigenvalue weighted by atomic mass is 10.2. The van der Waals surface area contributed by atoms with E-state index in [0.29, 0.717) is 11.5 Å². The number of carbonyl (C=O) groups is 1. The molecule has 0 bridgehead atoms. The zero-order valence-electron chi connectivity index (χ0n) is 19.7. The third kappa shape index (κ3) is 5.05. The third-order valence-corrected chi connectivity index (χ3v) is 10.0. The Hall–Kier alpha value is -3.45. The van der Waals surface area contributed by atoms with Crippen LogP contribution >= 0.6 is 0 Å². The molecular formula is C25H25N3O7S2. The van der Waals surface area contributed by atoms with Crippen molar-refractivity contribution in [3.05, 3.63) is 84.4 Å². The minimum atomic E-state index is -4.07. The Labute approximate surface area is 215 Å². The predicted molar refractivity (Wildman–Crippen MR) is 134 cm³/mol. The Bertz CT molecular complexity index is 1500. The van der Waals surface area contributed by atoms with Crippen molar-refractivity contribution in [2.24, 2.45) is 0 Å². The van der Waals surface area contributed by atoms with Crippen molar-refractivity contribution in [3.8, 4) is 11.5 Å². The Morgan fingerprint density at radius 2 is 1.43 bits per heavy atom. The molecule has 0 radical (unpaired) electrons. The van der Waals surface area contributed by atoms with Gasteiger partial charge in [0.1, 0.15) is 6.04 Å². The zero-order chi connectivity index (χ0) is 26.0. The summed E-state index contributed by atoms with van der Waals surface area (Å²) in [6, 6.07) is 19.6. The van der Waals surface area contributed by atoms with Crippen LogP contribution in [0.25, 0.3) is 0 Å². The normalized spacial score (nSPS) is 18.4. The third-order valence-electron chi connectivity index (χ3n) is 6.23. The summed E-state index contributed by atoms with van der Waals surface area (Å²) in [7, 11) is -8.00. The summed E-state index contributed by atoms with van der Waals surface area (Å²) in [5.74, 6) is 0.548. The first-order chi connectivity index (χ1) is 17.8. The van der Waals surface area contributed by atoms with Crippen molar-refractivity contribution in [2.45, 2.75) is 22.4 Å². The number of carbonyl (C=O) groups excluding carboxylic acids is 1. The Morgan fingerprint density at radius 3 is 2.11 bits per heavy atom. The molecule has 2 aliphatic heterocycles. The van der Waals surface area contributed by atoms with Gasteiger partial charge < -0.3 is 14.8 Å². The number of sulfonamides is 2. The van der Waals surface area contributed by atoms with E-state index >= 15 is 0 Å². The molecule has 5 rings (SSSR count). The van der Waals surface area contributed by atoms with Gasteiger partial charge in [-0.1, -0.05) is 42.5 Å². The molecule has 1 saturated heterocycles. The summed E-state index contributed by atoms with van der Waals surface area (Å²) >= 11 is 0. The van der Waals surface area contributed by atoms with Crippen LogP contribution in [-0.2, 0) is 31.4 Å². The van der Waals surface area contributed by atoms with Crippen LogP contribution in [-0.4, -0.2) is 63.8 Å². The van der Waals surface area contributed by atoms with Crippen LogP contribution in [0.5, 0.6) is 11.5 Å². The summed E-state index contributed by atoms with van der Waals surface area (Å²) in [4.78, 5) is 13.5. The number of benzene rings is 3. The Balaban J connectivity index is 1.41. The fourth-order valence-corrected chi connectivity index (χ4v) is 7.34. The van der Waals surface area contributed by atoms with Crippen LogP contribution in [0.2, 0.25) is 0 Å². The smallest absolute Gasteiger partial charge is 0.243 e. The molecule has 3 aromatic carbocycles. The second-order valence-electron chi connectivity index (χ2n) is 8.53. The monoisotopic (exact) mass is 543 g/mol. The van der Waals surface area contributed by atoms with Crippen molar-refractivity contribution in [1.82, 2.24) is 13.9 Å². The summed E-state index contributed by atoms with van der Waals surface area (Å²) in [5, 5.41) is 2.76. The number of amides is 1. The molecule has 0 spiro atoms. The number of rotatable bonds is 7. The molecule has 1 atom stereocenters. The fourth-order valence-electron chi connectivity index (χ4n) is 4.29. The van der Waals surface area contributed by atoms with Crippen LogP contribution in [0.15, 0.2) is 88.7 Å². The first-order valence-corrected chi connectivity index (χ1v) is 14.4. The number of nitrogens with one attached hydrogen (secondary N) is 1. The first kappa shape index (κ1) is 25.2. The average Bonchev–Trinajstić information content (AvgIpc) is 3.40. The summed E-state index contributed by atoms with van der Waals surface area (Å²) in [6.07, 6.45) is 0. The van der Waals surface area contributed by atoms with E-state index in [1.165, 1.54) is 24.3 Å². The number of piperazine rings is 1. The van der Waals surface area contributed by atoms with Crippen LogP contribution in [0.4, 0.5) is 0 Å². The summed E-state index contributed by atoms with van der Waals surface area (Å²) < 4.78 is 66.4. The number of hydrogen-bond donors (Lipinski definition) is 1. The minimum absolute atomic E-state index is 0.0305. The minimum Gasteiger partial charge on any atom is -0.454 e. The van der Waals surface area contributed by atoms with E-state index in [-0.39, 0.29) is 42.8 Å². The quantitative estimate of drug-likeness (QED) is 0.482. The molecule has 10 nitrogen and oxygen atoms in total. The molecule has 1 amide bonds. The van der Waals surface area contributed by atoms with E-state index < -0.39 is 32.0 Å². The summed E-state index contributed by atoms with van der Waals surface area (Å²) in [6.45, 7) is -0.376. The molecular weight excluding hydrogens is 518 g/mol. The lowest BCUT2D eigenvalue weighted by Gasteiger charge is -2.38. The molecule has 37 heavy (non-hydrogen) atoms. The maximum absolute atomic E-state index is 13.5. The van der Waals surface area contributed by atoms with Crippen molar-refractivity contribution < 1.29 is 31.1 Å². The van der Waals surface area contributed by atoms with Gasteiger partial charge in [0.2, 0.25) is 32.7 Å². The highest BCUT2D eigenvalue weighted by Crippen LogP contribution is 2.32. The van der Waals surface area contributed by atoms with Gasteiger partial charge in [0.05, 0.1) is 9.79 Å². The van der Waals surface area contributed by atoms with Gasteiger partial charge in [-0.3, -0.25) is 4.79 Å². The molecule has 12 heteroatoms. The van der Waals surface area contributed by atoms with Crippen LogP contribution in [0, 0.1) is 0 Å². The van der Waals surface area contributed by atoms with Gasteiger partial charge in [-0.25, -0.2) is 16.8 Å². The van der Waals surface area contributed by atoms with Crippen molar-refractivity contribution in [2.75, 3.05) is 26.4 Å². The average molecular weight is 544 g/mol. The molecule has 194 valence electrons. The van der Waals surface area contributed by atoms with E-state index in [4.69, 9.17) is 9.47 Å².